The van der Waals surface area contributed by atoms with Gasteiger partial charge in [-0.1, -0.05) is 26.2 Å². The lowest BCUT2D eigenvalue weighted by Crippen LogP contribution is -2.26. The highest BCUT2D eigenvalue weighted by Crippen LogP contribution is 2.29. The molecule has 0 amide bonds. The molecule has 3 nitrogen and oxygen atoms in total. The lowest BCUT2D eigenvalue weighted by atomic mass is 9.89. The molecule has 0 radical (unpaired) electrons. The first-order chi connectivity index (χ1) is 8.74. The second kappa shape index (κ2) is 6.53. The summed E-state index contributed by atoms with van der Waals surface area (Å²) in [6, 6.07) is 0. The molecule has 18 heavy (non-hydrogen) atoms. The van der Waals surface area contributed by atoms with Gasteiger partial charge >= 0.3 is 0 Å². The van der Waals surface area contributed by atoms with Crippen molar-refractivity contribution in [1.82, 2.24) is 4.98 Å². The Labute approximate surface area is 114 Å². The molecule has 1 heterocycles. The molecular formula is C14H25N3S. The molecule has 1 aromatic rings. The number of thiazole rings is 1. The van der Waals surface area contributed by atoms with Gasteiger partial charge in [-0.3, -0.25) is 0 Å². The molecule has 0 saturated heterocycles. The van der Waals surface area contributed by atoms with Crippen LogP contribution in [0.4, 0.5) is 5.13 Å². The van der Waals surface area contributed by atoms with Crippen LogP contribution in [-0.2, 0) is 13.0 Å². The van der Waals surface area contributed by atoms with Gasteiger partial charge in [-0.25, -0.2) is 4.98 Å². The van der Waals surface area contributed by atoms with Crippen molar-refractivity contribution in [1.29, 1.82) is 0 Å². The van der Waals surface area contributed by atoms with E-state index in [1.54, 1.807) is 11.3 Å². The Morgan fingerprint density at radius 3 is 2.61 bits per heavy atom. The minimum atomic E-state index is 0.623. The summed E-state index contributed by atoms with van der Waals surface area (Å²) >= 11 is 1.77. The molecule has 4 heteroatoms. The first kappa shape index (κ1) is 13.8. The third kappa shape index (κ3) is 3.23. The number of anilines is 1. The van der Waals surface area contributed by atoms with E-state index in [-0.39, 0.29) is 0 Å². The molecule has 0 spiro atoms. The third-order valence-corrected chi connectivity index (χ3v) is 5.10. The van der Waals surface area contributed by atoms with Crippen LogP contribution >= 0.6 is 11.3 Å². The number of rotatable bonds is 5. The summed E-state index contributed by atoms with van der Waals surface area (Å²) < 4.78 is 0. The first-order valence-electron chi connectivity index (χ1n) is 7.14. The fraction of sp³-hybridized carbons (Fsp3) is 0.786. The number of aryl methyl sites for hydroxylation is 1. The molecule has 0 aliphatic heterocycles. The van der Waals surface area contributed by atoms with Gasteiger partial charge in [-0.2, -0.15) is 0 Å². The normalized spacial score (nSPS) is 17.1. The topological polar surface area (TPSA) is 42.2 Å². The average molecular weight is 267 g/mol. The van der Waals surface area contributed by atoms with Crippen molar-refractivity contribution in [2.45, 2.75) is 52.0 Å². The van der Waals surface area contributed by atoms with Crippen molar-refractivity contribution in [3.05, 3.63) is 10.6 Å². The van der Waals surface area contributed by atoms with Gasteiger partial charge in [0, 0.05) is 25.0 Å². The highest BCUT2D eigenvalue weighted by molar-refractivity contribution is 7.15. The van der Waals surface area contributed by atoms with Crippen LogP contribution in [0.5, 0.6) is 0 Å². The Morgan fingerprint density at radius 1 is 1.33 bits per heavy atom. The molecule has 0 aromatic carbocycles. The predicted molar refractivity (Wildman–Crippen MR) is 79.2 cm³/mol. The van der Waals surface area contributed by atoms with Crippen molar-refractivity contribution in [2.24, 2.45) is 11.7 Å². The molecule has 1 aliphatic rings. The van der Waals surface area contributed by atoms with Crippen LogP contribution in [0.2, 0.25) is 0 Å². The van der Waals surface area contributed by atoms with Crippen molar-refractivity contribution in [2.75, 3.05) is 18.5 Å². The Morgan fingerprint density at radius 2 is 2.06 bits per heavy atom. The number of nitrogens with two attached hydrogens (primary N) is 1. The lowest BCUT2D eigenvalue weighted by Gasteiger charge is -2.26. The summed E-state index contributed by atoms with van der Waals surface area (Å²) in [4.78, 5) is 8.31. The van der Waals surface area contributed by atoms with E-state index in [9.17, 15) is 0 Å². The summed E-state index contributed by atoms with van der Waals surface area (Å²) in [6.45, 7) is 3.93. The number of hydrogen-bond acceptors (Lipinski definition) is 4. The van der Waals surface area contributed by atoms with Gasteiger partial charge in [-0.05, 0) is 25.2 Å². The standard InChI is InChI=1S/C14H25N3S/c1-3-12-13(9-15)18-14(16-12)17(2)10-11-7-5-4-6-8-11/h11H,3-10,15H2,1-2H3. The van der Waals surface area contributed by atoms with E-state index >= 15 is 0 Å². The molecule has 0 atom stereocenters. The molecule has 1 saturated carbocycles. The number of aromatic nitrogens is 1. The van der Waals surface area contributed by atoms with E-state index < -0.39 is 0 Å². The Bertz CT molecular complexity index is 348. The van der Waals surface area contributed by atoms with Crippen LogP contribution < -0.4 is 10.6 Å². The molecule has 1 fully saturated rings. The van der Waals surface area contributed by atoms with Gasteiger partial charge in [0.25, 0.3) is 0 Å². The SMILES string of the molecule is CCc1nc(N(C)CC2CCCCC2)sc1CN. The Hall–Kier alpha value is -0.610. The van der Waals surface area contributed by atoms with Gasteiger partial charge in [0.15, 0.2) is 5.13 Å². The van der Waals surface area contributed by atoms with Crippen molar-refractivity contribution in [3.8, 4) is 0 Å². The summed E-state index contributed by atoms with van der Waals surface area (Å²) in [5, 5.41) is 1.15. The van der Waals surface area contributed by atoms with E-state index in [4.69, 9.17) is 10.7 Å². The minimum Gasteiger partial charge on any atom is -0.351 e. The maximum atomic E-state index is 5.78. The van der Waals surface area contributed by atoms with Crippen LogP contribution in [0.1, 0.15) is 49.6 Å². The third-order valence-electron chi connectivity index (χ3n) is 3.87. The molecular weight excluding hydrogens is 242 g/mol. The highest BCUT2D eigenvalue weighted by Gasteiger charge is 2.18. The zero-order valence-corrected chi connectivity index (χ0v) is 12.4. The molecule has 0 unspecified atom stereocenters. The monoisotopic (exact) mass is 267 g/mol. The van der Waals surface area contributed by atoms with E-state index in [1.807, 2.05) is 0 Å². The maximum absolute atomic E-state index is 5.78. The van der Waals surface area contributed by atoms with E-state index in [1.165, 1.54) is 42.7 Å². The molecule has 102 valence electrons. The quantitative estimate of drug-likeness (QED) is 0.891. The Kier molecular flexibility index (Phi) is 5.01. The summed E-state index contributed by atoms with van der Waals surface area (Å²) in [5.41, 5.74) is 6.96. The summed E-state index contributed by atoms with van der Waals surface area (Å²) in [7, 11) is 2.17. The fourth-order valence-corrected chi connectivity index (χ4v) is 3.80. The molecule has 1 aromatic heterocycles. The van der Waals surface area contributed by atoms with Crippen LogP contribution in [0.25, 0.3) is 0 Å². The highest BCUT2D eigenvalue weighted by atomic mass is 32.1. The number of hydrogen-bond donors (Lipinski definition) is 1. The van der Waals surface area contributed by atoms with Crippen LogP contribution in [0.15, 0.2) is 0 Å². The van der Waals surface area contributed by atoms with Gasteiger partial charge in [0.1, 0.15) is 0 Å². The van der Waals surface area contributed by atoms with E-state index in [2.05, 4.69) is 18.9 Å². The second-order valence-electron chi connectivity index (χ2n) is 5.31. The van der Waals surface area contributed by atoms with Gasteiger partial charge in [0.05, 0.1) is 5.69 Å². The van der Waals surface area contributed by atoms with Crippen LogP contribution in [0, 0.1) is 5.92 Å². The van der Waals surface area contributed by atoms with Crippen molar-refractivity contribution in [3.63, 3.8) is 0 Å². The lowest BCUT2D eigenvalue weighted by molar-refractivity contribution is 0.362. The van der Waals surface area contributed by atoms with E-state index in [0.29, 0.717) is 6.54 Å². The van der Waals surface area contributed by atoms with Crippen molar-refractivity contribution < 1.29 is 0 Å². The largest absolute Gasteiger partial charge is 0.351 e. The average Bonchev–Trinajstić information content (AvgIpc) is 2.83. The van der Waals surface area contributed by atoms with Gasteiger partial charge in [-0.15, -0.1) is 11.3 Å². The van der Waals surface area contributed by atoms with E-state index in [0.717, 1.165) is 24.0 Å². The predicted octanol–water partition coefficient (Wildman–Crippen LogP) is 3.18. The Balaban J connectivity index is 1.98. The van der Waals surface area contributed by atoms with Gasteiger partial charge in [0.2, 0.25) is 0 Å². The van der Waals surface area contributed by atoms with Gasteiger partial charge < -0.3 is 10.6 Å². The van der Waals surface area contributed by atoms with Crippen molar-refractivity contribution >= 4 is 16.5 Å². The first-order valence-corrected chi connectivity index (χ1v) is 7.96. The maximum Gasteiger partial charge on any atom is 0.185 e. The zero-order chi connectivity index (χ0) is 13.0. The molecule has 2 N–H and O–H groups in total. The minimum absolute atomic E-state index is 0.623. The summed E-state index contributed by atoms with van der Waals surface area (Å²) in [6.07, 6.45) is 8.00. The zero-order valence-electron chi connectivity index (χ0n) is 11.6. The van der Waals surface area contributed by atoms with Crippen LogP contribution in [-0.4, -0.2) is 18.6 Å². The molecule has 1 aliphatic carbocycles. The fourth-order valence-electron chi connectivity index (χ4n) is 2.80. The smallest absolute Gasteiger partial charge is 0.185 e. The second-order valence-corrected chi connectivity index (χ2v) is 6.37. The summed E-state index contributed by atoms with van der Waals surface area (Å²) in [5.74, 6) is 0.860. The molecule has 0 bridgehead atoms. The van der Waals surface area contributed by atoms with Crippen LogP contribution in [0.3, 0.4) is 0 Å². The molecule has 2 rings (SSSR count). The number of nitrogens with zero attached hydrogens (tertiary/aromatic N) is 2.